The van der Waals surface area contributed by atoms with Crippen molar-refractivity contribution < 1.29 is 9.53 Å². The van der Waals surface area contributed by atoms with Gasteiger partial charge in [0.2, 0.25) is 0 Å². The highest BCUT2D eigenvalue weighted by Crippen LogP contribution is 2.30. The second kappa shape index (κ2) is 5.47. The van der Waals surface area contributed by atoms with Crippen molar-refractivity contribution in [3.8, 4) is 0 Å². The molecule has 1 aliphatic heterocycles. The van der Waals surface area contributed by atoms with E-state index in [1.165, 1.54) is 7.11 Å². The lowest BCUT2D eigenvalue weighted by atomic mass is 9.98. The second-order valence-electron chi connectivity index (χ2n) is 4.44. The fraction of sp³-hybridized carbons (Fsp3) is 0.462. The fourth-order valence-corrected chi connectivity index (χ4v) is 2.91. The SMILES string of the molecule is COC(=O)C(C)N1CCc2c(Cl)cc(Cl)cc2C1. The molecule has 1 unspecified atom stereocenters. The lowest BCUT2D eigenvalue weighted by molar-refractivity contribution is -0.146. The summed E-state index contributed by atoms with van der Waals surface area (Å²) in [6.45, 7) is 3.32. The summed E-state index contributed by atoms with van der Waals surface area (Å²) in [4.78, 5) is 13.6. The Morgan fingerprint density at radius 3 is 2.83 bits per heavy atom. The number of fused-ring (bicyclic) bond motifs is 1. The van der Waals surface area contributed by atoms with Gasteiger partial charge in [-0.05, 0) is 36.6 Å². The maximum absolute atomic E-state index is 11.5. The standard InChI is InChI=1S/C13H15Cl2NO2/c1-8(13(17)18-2)16-4-3-11-9(7-16)5-10(14)6-12(11)15/h5-6,8H,3-4,7H2,1-2H3. The monoisotopic (exact) mass is 287 g/mol. The third-order valence-electron chi connectivity index (χ3n) is 3.37. The van der Waals surface area contributed by atoms with Gasteiger partial charge in [0.1, 0.15) is 6.04 Å². The molecule has 0 N–H and O–H groups in total. The van der Waals surface area contributed by atoms with Gasteiger partial charge in [-0.15, -0.1) is 0 Å². The predicted octanol–water partition coefficient (Wildman–Crippen LogP) is 2.91. The topological polar surface area (TPSA) is 29.5 Å². The Bertz CT molecular complexity index is 476. The van der Waals surface area contributed by atoms with Crippen molar-refractivity contribution in [2.75, 3.05) is 13.7 Å². The molecule has 18 heavy (non-hydrogen) atoms. The zero-order valence-electron chi connectivity index (χ0n) is 10.4. The molecular formula is C13H15Cl2NO2. The summed E-state index contributed by atoms with van der Waals surface area (Å²) in [6.07, 6.45) is 0.826. The molecule has 5 heteroatoms. The highest BCUT2D eigenvalue weighted by Gasteiger charge is 2.26. The molecule has 1 heterocycles. The van der Waals surface area contributed by atoms with Gasteiger partial charge in [0.05, 0.1) is 7.11 Å². The van der Waals surface area contributed by atoms with Crippen molar-refractivity contribution in [2.45, 2.75) is 25.9 Å². The average molecular weight is 288 g/mol. The van der Waals surface area contributed by atoms with Crippen LogP contribution >= 0.6 is 23.2 Å². The minimum Gasteiger partial charge on any atom is -0.468 e. The summed E-state index contributed by atoms with van der Waals surface area (Å²) in [5.41, 5.74) is 2.23. The zero-order chi connectivity index (χ0) is 13.3. The number of rotatable bonds is 2. The van der Waals surface area contributed by atoms with Crippen LogP contribution in [-0.4, -0.2) is 30.6 Å². The van der Waals surface area contributed by atoms with Crippen molar-refractivity contribution in [3.05, 3.63) is 33.3 Å². The molecule has 1 aromatic carbocycles. The van der Waals surface area contributed by atoms with Crippen LogP contribution in [0.3, 0.4) is 0 Å². The Morgan fingerprint density at radius 1 is 1.44 bits per heavy atom. The second-order valence-corrected chi connectivity index (χ2v) is 5.29. The minimum absolute atomic E-state index is 0.216. The smallest absolute Gasteiger partial charge is 0.322 e. The van der Waals surface area contributed by atoms with E-state index in [2.05, 4.69) is 4.90 Å². The van der Waals surface area contributed by atoms with Crippen LogP contribution < -0.4 is 0 Å². The number of benzene rings is 1. The first-order valence-electron chi connectivity index (χ1n) is 5.81. The van der Waals surface area contributed by atoms with Gasteiger partial charge in [-0.1, -0.05) is 23.2 Å². The van der Waals surface area contributed by atoms with Gasteiger partial charge < -0.3 is 4.74 Å². The number of carbonyl (C=O) groups excluding carboxylic acids is 1. The number of carbonyl (C=O) groups is 1. The van der Waals surface area contributed by atoms with E-state index in [0.717, 1.165) is 24.1 Å². The van der Waals surface area contributed by atoms with Gasteiger partial charge in [-0.2, -0.15) is 0 Å². The molecule has 3 nitrogen and oxygen atoms in total. The molecule has 0 fully saturated rings. The van der Waals surface area contributed by atoms with Crippen LogP contribution in [0.2, 0.25) is 10.0 Å². The van der Waals surface area contributed by atoms with Gasteiger partial charge >= 0.3 is 5.97 Å². The predicted molar refractivity (Wildman–Crippen MR) is 72.1 cm³/mol. The number of ether oxygens (including phenoxy) is 1. The average Bonchev–Trinajstić information content (AvgIpc) is 2.36. The summed E-state index contributed by atoms with van der Waals surface area (Å²) in [7, 11) is 1.41. The molecule has 2 rings (SSSR count). The Kier molecular flexibility index (Phi) is 4.15. The van der Waals surface area contributed by atoms with Crippen molar-refractivity contribution in [2.24, 2.45) is 0 Å². The Morgan fingerprint density at radius 2 is 2.17 bits per heavy atom. The van der Waals surface area contributed by atoms with E-state index in [4.69, 9.17) is 27.9 Å². The van der Waals surface area contributed by atoms with Crippen LogP contribution in [0.5, 0.6) is 0 Å². The number of hydrogen-bond acceptors (Lipinski definition) is 3. The molecule has 1 aromatic rings. The lowest BCUT2D eigenvalue weighted by Gasteiger charge is -2.32. The first kappa shape index (κ1) is 13.7. The van der Waals surface area contributed by atoms with Crippen LogP contribution in [0.25, 0.3) is 0 Å². The summed E-state index contributed by atoms with van der Waals surface area (Å²) in [5, 5.41) is 1.34. The normalized spacial score (nSPS) is 17.1. The number of nitrogens with zero attached hydrogens (tertiary/aromatic N) is 1. The molecule has 0 saturated heterocycles. The van der Waals surface area contributed by atoms with E-state index in [0.29, 0.717) is 16.6 Å². The Hall–Kier alpha value is -0.770. The number of halogens is 2. The van der Waals surface area contributed by atoms with Gasteiger partial charge in [-0.25, -0.2) is 0 Å². The van der Waals surface area contributed by atoms with Crippen molar-refractivity contribution >= 4 is 29.2 Å². The summed E-state index contributed by atoms with van der Waals surface area (Å²) in [5.74, 6) is -0.216. The third-order valence-corrected chi connectivity index (χ3v) is 3.92. The molecule has 0 spiro atoms. The van der Waals surface area contributed by atoms with E-state index in [1.807, 2.05) is 13.0 Å². The van der Waals surface area contributed by atoms with Gasteiger partial charge in [0.25, 0.3) is 0 Å². The number of methoxy groups -OCH3 is 1. The molecule has 0 saturated carbocycles. The van der Waals surface area contributed by atoms with E-state index < -0.39 is 0 Å². The summed E-state index contributed by atoms with van der Waals surface area (Å²) in [6, 6.07) is 3.43. The van der Waals surface area contributed by atoms with E-state index in [1.54, 1.807) is 6.07 Å². The van der Waals surface area contributed by atoms with Crippen LogP contribution in [0.15, 0.2) is 12.1 Å². The first-order valence-corrected chi connectivity index (χ1v) is 6.57. The van der Waals surface area contributed by atoms with E-state index >= 15 is 0 Å². The third kappa shape index (κ3) is 2.63. The molecule has 1 atom stereocenters. The van der Waals surface area contributed by atoms with E-state index in [-0.39, 0.29) is 12.0 Å². The lowest BCUT2D eigenvalue weighted by Crippen LogP contribution is -2.42. The van der Waals surface area contributed by atoms with Crippen molar-refractivity contribution in [1.29, 1.82) is 0 Å². The molecular weight excluding hydrogens is 273 g/mol. The first-order chi connectivity index (χ1) is 8.52. The molecule has 1 aliphatic rings. The Labute approximate surface area is 117 Å². The highest BCUT2D eigenvalue weighted by molar-refractivity contribution is 6.35. The van der Waals surface area contributed by atoms with Crippen molar-refractivity contribution in [3.63, 3.8) is 0 Å². The van der Waals surface area contributed by atoms with Gasteiger partial charge in [0, 0.05) is 23.1 Å². The van der Waals surface area contributed by atoms with Gasteiger partial charge in [0.15, 0.2) is 0 Å². The summed E-state index contributed by atoms with van der Waals surface area (Å²) >= 11 is 12.2. The number of esters is 1. The van der Waals surface area contributed by atoms with Gasteiger partial charge in [-0.3, -0.25) is 9.69 Å². The largest absolute Gasteiger partial charge is 0.468 e. The quantitative estimate of drug-likeness (QED) is 0.784. The summed E-state index contributed by atoms with van der Waals surface area (Å²) < 4.78 is 4.77. The molecule has 0 aromatic heterocycles. The molecule has 98 valence electrons. The maximum Gasteiger partial charge on any atom is 0.322 e. The molecule has 0 radical (unpaired) electrons. The van der Waals surface area contributed by atoms with E-state index in [9.17, 15) is 4.79 Å². The zero-order valence-corrected chi connectivity index (χ0v) is 11.9. The van der Waals surface area contributed by atoms with Crippen molar-refractivity contribution in [1.82, 2.24) is 4.90 Å². The minimum atomic E-state index is -0.249. The number of hydrogen-bond donors (Lipinski definition) is 0. The van der Waals surface area contributed by atoms with Crippen LogP contribution in [0.4, 0.5) is 0 Å². The highest BCUT2D eigenvalue weighted by atomic mass is 35.5. The Balaban J connectivity index is 2.22. The van der Waals surface area contributed by atoms with Crippen LogP contribution in [0, 0.1) is 0 Å². The molecule has 0 aliphatic carbocycles. The molecule has 0 bridgehead atoms. The fourth-order valence-electron chi connectivity index (χ4n) is 2.28. The van der Waals surface area contributed by atoms with Crippen LogP contribution in [0.1, 0.15) is 18.1 Å². The van der Waals surface area contributed by atoms with Crippen LogP contribution in [-0.2, 0) is 22.5 Å². The maximum atomic E-state index is 11.5. The molecule has 0 amide bonds.